The Labute approximate surface area is 110 Å². The van der Waals surface area contributed by atoms with Crippen molar-refractivity contribution in [3.8, 4) is 0 Å². The van der Waals surface area contributed by atoms with Crippen LogP contribution in [0.15, 0.2) is 30.3 Å². The van der Waals surface area contributed by atoms with E-state index >= 15 is 0 Å². The van der Waals surface area contributed by atoms with Gasteiger partial charge in [-0.15, -0.1) is 0 Å². The molecule has 3 atom stereocenters. The zero-order valence-electron chi connectivity index (χ0n) is 11.3. The second-order valence-corrected chi connectivity index (χ2v) is 11.0. The first-order valence-corrected chi connectivity index (χ1v) is 10.2. The van der Waals surface area contributed by atoms with Crippen molar-refractivity contribution >= 4 is 13.3 Å². The molecule has 0 aliphatic carbocycles. The largest absolute Gasteiger partial charge is 0.352 e. The molecule has 2 heterocycles. The van der Waals surface area contributed by atoms with Gasteiger partial charge in [-0.25, -0.2) is 0 Å². The number of hydrogen-bond donors (Lipinski definition) is 0. The molecule has 2 nitrogen and oxygen atoms in total. The third kappa shape index (κ3) is 2.27. The molecule has 1 aromatic rings. The van der Waals surface area contributed by atoms with Crippen molar-refractivity contribution in [2.75, 3.05) is 13.2 Å². The minimum absolute atomic E-state index is 0.107. The Morgan fingerprint density at radius 3 is 2.72 bits per heavy atom. The van der Waals surface area contributed by atoms with Crippen LogP contribution in [0.2, 0.25) is 19.1 Å². The average molecular weight is 262 g/mol. The summed E-state index contributed by atoms with van der Waals surface area (Å²) in [4.78, 5) is 0. The summed E-state index contributed by atoms with van der Waals surface area (Å²) in [6.07, 6.45) is 1.30. The molecule has 1 aromatic carbocycles. The molecule has 0 unspecified atom stereocenters. The van der Waals surface area contributed by atoms with Crippen LogP contribution in [0.4, 0.5) is 0 Å². The number of benzene rings is 1. The second kappa shape index (κ2) is 4.80. The molecule has 2 fully saturated rings. The van der Waals surface area contributed by atoms with Gasteiger partial charge in [-0.1, -0.05) is 48.6 Å². The smallest absolute Gasteiger partial charge is 0.160 e. The Balaban J connectivity index is 1.72. The Morgan fingerprint density at radius 1 is 1.17 bits per heavy atom. The molecule has 0 N–H and O–H groups in total. The molecule has 2 aliphatic rings. The first-order chi connectivity index (χ1) is 8.67. The fourth-order valence-electron chi connectivity index (χ4n) is 3.42. The second-order valence-electron chi connectivity index (χ2n) is 6.24. The first kappa shape index (κ1) is 12.4. The average Bonchev–Trinajstić information content (AvgIpc) is 2.95. The van der Waals surface area contributed by atoms with E-state index in [1.54, 1.807) is 5.19 Å². The lowest BCUT2D eigenvalue weighted by Crippen LogP contribution is -2.43. The number of rotatable bonds is 3. The van der Waals surface area contributed by atoms with Crippen LogP contribution in [0, 0.1) is 11.8 Å². The first-order valence-electron chi connectivity index (χ1n) is 6.95. The van der Waals surface area contributed by atoms with Gasteiger partial charge in [0, 0.05) is 5.92 Å². The predicted molar refractivity (Wildman–Crippen MR) is 75.7 cm³/mol. The van der Waals surface area contributed by atoms with Crippen LogP contribution in [0.25, 0.3) is 0 Å². The molecule has 0 aromatic heterocycles. The quantitative estimate of drug-likeness (QED) is 0.780. The van der Waals surface area contributed by atoms with E-state index in [0.717, 1.165) is 13.2 Å². The number of ether oxygens (including phenoxy) is 2. The van der Waals surface area contributed by atoms with Gasteiger partial charge in [0.2, 0.25) is 0 Å². The molecule has 0 saturated carbocycles. The predicted octanol–water partition coefficient (Wildman–Crippen LogP) is 2.61. The summed E-state index contributed by atoms with van der Waals surface area (Å²) in [7, 11) is -1.34. The van der Waals surface area contributed by atoms with Crippen molar-refractivity contribution in [3.05, 3.63) is 30.3 Å². The van der Waals surface area contributed by atoms with Crippen LogP contribution >= 0.6 is 0 Å². The van der Waals surface area contributed by atoms with Crippen LogP contribution in [0.5, 0.6) is 0 Å². The molecule has 0 amide bonds. The summed E-state index contributed by atoms with van der Waals surface area (Å²) in [6.45, 7) is 6.74. The molecule has 0 spiro atoms. The Morgan fingerprint density at radius 2 is 1.94 bits per heavy atom. The van der Waals surface area contributed by atoms with Crippen molar-refractivity contribution < 1.29 is 9.47 Å². The third-order valence-electron chi connectivity index (χ3n) is 4.49. The molecule has 2 saturated heterocycles. The summed E-state index contributed by atoms with van der Waals surface area (Å²) in [5.74, 6) is 1.36. The van der Waals surface area contributed by atoms with Crippen molar-refractivity contribution in [2.45, 2.75) is 31.8 Å². The topological polar surface area (TPSA) is 18.5 Å². The summed E-state index contributed by atoms with van der Waals surface area (Å²) in [6, 6.07) is 12.3. The Bertz CT molecular complexity index is 404. The molecular weight excluding hydrogens is 240 g/mol. The Kier molecular flexibility index (Phi) is 3.30. The Hall–Kier alpha value is -0.643. The summed E-state index contributed by atoms with van der Waals surface area (Å²) >= 11 is 0. The van der Waals surface area contributed by atoms with Crippen molar-refractivity contribution in [2.24, 2.45) is 11.8 Å². The summed E-state index contributed by atoms with van der Waals surface area (Å²) in [5.41, 5.74) is 0. The van der Waals surface area contributed by atoms with Crippen molar-refractivity contribution in [1.82, 2.24) is 0 Å². The van der Waals surface area contributed by atoms with E-state index in [0.29, 0.717) is 11.8 Å². The molecule has 98 valence electrons. The number of hydrogen-bond acceptors (Lipinski definition) is 2. The van der Waals surface area contributed by atoms with Gasteiger partial charge in [0.05, 0.1) is 21.3 Å². The normalized spacial score (nSPS) is 31.6. The van der Waals surface area contributed by atoms with Crippen molar-refractivity contribution in [3.63, 3.8) is 0 Å². The van der Waals surface area contributed by atoms with Crippen LogP contribution < -0.4 is 5.19 Å². The van der Waals surface area contributed by atoms with Gasteiger partial charge in [-0.05, 0) is 18.4 Å². The van der Waals surface area contributed by atoms with Crippen molar-refractivity contribution in [1.29, 1.82) is 0 Å². The fraction of sp³-hybridized carbons (Fsp3) is 0.600. The van der Waals surface area contributed by atoms with Gasteiger partial charge >= 0.3 is 0 Å². The van der Waals surface area contributed by atoms with Crippen LogP contribution in [0.1, 0.15) is 6.42 Å². The van der Waals surface area contributed by atoms with Gasteiger partial charge in [0.15, 0.2) is 6.29 Å². The van der Waals surface area contributed by atoms with Gasteiger partial charge in [0.1, 0.15) is 0 Å². The van der Waals surface area contributed by atoms with Crippen LogP contribution in [-0.4, -0.2) is 27.6 Å². The van der Waals surface area contributed by atoms with Crippen LogP contribution in [-0.2, 0) is 9.47 Å². The van der Waals surface area contributed by atoms with E-state index in [9.17, 15) is 0 Å². The molecule has 3 heteroatoms. The third-order valence-corrected chi connectivity index (χ3v) is 7.93. The molecule has 0 radical (unpaired) electrons. The van der Waals surface area contributed by atoms with Gasteiger partial charge < -0.3 is 9.47 Å². The minimum Gasteiger partial charge on any atom is -0.352 e. The fourth-order valence-corrected chi connectivity index (χ4v) is 6.49. The molecule has 2 aliphatic heterocycles. The summed E-state index contributed by atoms with van der Waals surface area (Å²) in [5, 5.41) is 1.56. The highest BCUT2D eigenvalue weighted by Gasteiger charge is 2.43. The standard InChI is InChI=1S/C15H22O2Si/c1-18(2,13-6-4-3-5-7-13)11-12-10-17-15-14(12)8-9-16-15/h3-7,12,14-15H,8-11H2,1-2H3/t12-,14+,15-/m1/s1. The van der Waals surface area contributed by atoms with E-state index in [1.807, 2.05) is 0 Å². The highest BCUT2D eigenvalue weighted by Crippen LogP contribution is 2.39. The maximum Gasteiger partial charge on any atom is 0.160 e. The molecule has 18 heavy (non-hydrogen) atoms. The van der Waals surface area contributed by atoms with Gasteiger partial charge in [-0.2, -0.15) is 0 Å². The minimum atomic E-state index is -1.34. The lowest BCUT2D eigenvalue weighted by Gasteiger charge is -2.28. The van der Waals surface area contributed by atoms with E-state index < -0.39 is 8.07 Å². The van der Waals surface area contributed by atoms with E-state index in [-0.39, 0.29) is 6.29 Å². The summed E-state index contributed by atoms with van der Waals surface area (Å²) < 4.78 is 11.4. The van der Waals surface area contributed by atoms with E-state index in [1.165, 1.54) is 12.5 Å². The maximum absolute atomic E-state index is 5.77. The monoisotopic (exact) mass is 262 g/mol. The SMILES string of the molecule is C[Si](C)(C[C@H]1CO[C@H]2OCC[C@@H]12)c1ccccc1. The highest BCUT2D eigenvalue weighted by molar-refractivity contribution is 6.89. The molecule has 0 bridgehead atoms. The lowest BCUT2D eigenvalue weighted by atomic mass is 9.95. The van der Waals surface area contributed by atoms with Gasteiger partial charge in [0.25, 0.3) is 0 Å². The van der Waals surface area contributed by atoms with E-state index in [2.05, 4.69) is 43.4 Å². The number of fused-ring (bicyclic) bond motifs is 1. The van der Waals surface area contributed by atoms with Gasteiger partial charge in [-0.3, -0.25) is 0 Å². The molecule has 3 rings (SSSR count). The molecular formula is C15H22O2Si. The zero-order chi connectivity index (χ0) is 12.6. The van der Waals surface area contributed by atoms with Crippen LogP contribution in [0.3, 0.4) is 0 Å². The van der Waals surface area contributed by atoms with E-state index in [4.69, 9.17) is 9.47 Å². The highest BCUT2D eigenvalue weighted by atomic mass is 28.3. The lowest BCUT2D eigenvalue weighted by molar-refractivity contribution is -0.0905. The zero-order valence-corrected chi connectivity index (χ0v) is 12.3. The maximum atomic E-state index is 5.77.